The molecule has 6 heteroatoms. The van der Waals surface area contributed by atoms with Gasteiger partial charge in [0.1, 0.15) is 5.75 Å². The average molecular weight is 363 g/mol. The Labute approximate surface area is 157 Å². The fraction of sp³-hybridized carbons (Fsp3) is 0.238. The molecule has 0 atom stereocenters. The Balaban J connectivity index is 1.46. The molecule has 4 rings (SSSR count). The molecule has 3 aromatic rings. The smallest absolute Gasteiger partial charge is 0.276 e. The Morgan fingerprint density at radius 2 is 1.85 bits per heavy atom. The van der Waals surface area contributed by atoms with Crippen LogP contribution in [0.2, 0.25) is 0 Å². The number of ether oxygens (including phenoxy) is 1. The number of para-hydroxylation sites is 1. The molecule has 0 saturated carbocycles. The van der Waals surface area contributed by atoms with Crippen LogP contribution in [0.5, 0.6) is 5.75 Å². The standard InChI is InChI=1S/C21H21N3O3/c1-15-7-9-17(10-8-15)27-14-20(25)23-12-11-19-18(13-23)21(26)24(22-19)16-5-3-2-4-6-16/h2-10,22H,11-14H2,1H3. The second-order valence-corrected chi connectivity index (χ2v) is 6.71. The SMILES string of the molecule is Cc1ccc(OCC(=O)N2CCc3[nH]n(-c4ccccc4)c(=O)c3C2)cc1. The average Bonchev–Trinajstić information content (AvgIpc) is 3.04. The Morgan fingerprint density at radius 3 is 2.59 bits per heavy atom. The number of H-pyrrole nitrogens is 1. The number of nitrogens with zero attached hydrogens (tertiary/aromatic N) is 2. The molecule has 0 spiro atoms. The van der Waals surface area contributed by atoms with E-state index < -0.39 is 0 Å². The second kappa shape index (κ2) is 7.15. The van der Waals surface area contributed by atoms with Crippen molar-refractivity contribution in [1.82, 2.24) is 14.7 Å². The van der Waals surface area contributed by atoms with Crippen LogP contribution in [-0.4, -0.2) is 33.7 Å². The minimum absolute atomic E-state index is 0.0321. The zero-order valence-corrected chi connectivity index (χ0v) is 15.1. The van der Waals surface area contributed by atoms with Crippen molar-refractivity contribution in [2.45, 2.75) is 19.9 Å². The first kappa shape index (κ1) is 17.1. The molecule has 27 heavy (non-hydrogen) atoms. The first-order chi connectivity index (χ1) is 13.1. The number of nitrogens with one attached hydrogen (secondary N) is 1. The van der Waals surface area contributed by atoms with Gasteiger partial charge >= 0.3 is 0 Å². The fourth-order valence-electron chi connectivity index (χ4n) is 3.25. The van der Waals surface area contributed by atoms with E-state index in [9.17, 15) is 9.59 Å². The first-order valence-electron chi connectivity index (χ1n) is 8.97. The van der Waals surface area contributed by atoms with Crippen LogP contribution in [0, 0.1) is 6.92 Å². The molecule has 1 amide bonds. The van der Waals surface area contributed by atoms with Gasteiger partial charge in [-0.1, -0.05) is 35.9 Å². The Bertz CT molecular complexity index is 1000. The number of hydrogen-bond donors (Lipinski definition) is 1. The lowest BCUT2D eigenvalue weighted by Gasteiger charge is -2.26. The van der Waals surface area contributed by atoms with Gasteiger partial charge in [-0.05, 0) is 31.2 Å². The van der Waals surface area contributed by atoms with Gasteiger partial charge in [-0.2, -0.15) is 0 Å². The Hall–Kier alpha value is -3.28. The van der Waals surface area contributed by atoms with E-state index in [-0.39, 0.29) is 18.1 Å². The quantitative estimate of drug-likeness (QED) is 0.774. The summed E-state index contributed by atoms with van der Waals surface area (Å²) in [5, 5.41) is 3.18. The van der Waals surface area contributed by atoms with Gasteiger partial charge in [0.25, 0.3) is 11.5 Å². The zero-order valence-electron chi connectivity index (χ0n) is 15.1. The molecule has 0 radical (unpaired) electrons. The summed E-state index contributed by atoms with van der Waals surface area (Å²) < 4.78 is 7.13. The Kier molecular flexibility index (Phi) is 4.54. The summed E-state index contributed by atoms with van der Waals surface area (Å²) in [5.41, 5.74) is 3.37. The Morgan fingerprint density at radius 1 is 1.11 bits per heavy atom. The molecule has 1 aromatic heterocycles. The van der Waals surface area contributed by atoms with Crippen LogP contribution in [-0.2, 0) is 17.8 Å². The van der Waals surface area contributed by atoms with Gasteiger partial charge in [0.15, 0.2) is 6.61 Å². The third-order valence-electron chi connectivity index (χ3n) is 4.80. The molecule has 0 aliphatic carbocycles. The molecule has 0 fully saturated rings. The molecule has 1 N–H and O–H groups in total. The first-order valence-corrected chi connectivity index (χ1v) is 8.97. The molecular formula is C21H21N3O3. The normalized spacial score (nSPS) is 13.3. The highest BCUT2D eigenvalue weighted by molar-refractivity contribution is 5.78. The highest BCUT2D eigenvalue weighted by Crippen LogP contribution is 2.17. The molecule has 0 bridgehead atoms. The van der Waals surface area contributed by atoms with Crippen LogP contribution in [0.1, 0.15) is 16.8 Å². The number of fused-ring (bicyclic) bond motifs is 1. The lowest BCUT2D eigenvalue weighted by molar-refractivity contribution is -0.134. The van der Waals surface area contributed by atoms with Crippen molar-refractivity contribution in [3.63, 3.8) is 0 Å². The van der Waals surface area contributed by atoms with Gasteiger partial charge in [0, 0.05) is 18.7 Å². The van der Waals surface area contributed by atoms with E-state index >= 15 is 0 Å². The topological polar surface area (TPSA) is 67.3 Å². The van der Waals surface area contributed by atoms with Crippen LogP contribution in [0.4, 0.5) is 0 Å². The van der Waals surface area contributed by atoms with Crippen molar-refractivity contribution in [3.05, 3.63) is 81.8 Å². The molecule has 0 unspecified atom stereocenters. The number of aromatic nitrogens is 2. The predicted molar refractivity (Wildman–Crippen MR) is 102 cm³/mol. The lowest BCUT2D eigenvalue weighted by atomic mass is 10.1. The molecule has 1 aliphatic heterocycles. The minimum atomic E-state index is -0.118. The number of amides is 1. The van der Waals surface area contributed by atoms with Crippen molar-refractivity contribution in [3.8, 4) is 11.4 Å². The van der Waals surface area contributed by atoms with Crippen LogP contribution in [0.3, 0.4) is 0 Å². The highest BCUT2D eigenvalue weighted by atomic mass is 16.5. The number of rotatable bonds is 4. The number of benzene rings is 2. The van der Waals surface area contributed by atoms with E-state index in [0.717, 1.165) is 16.9 Å². The molecular weight excluding hydrogens is 342 g/mol. The van der Waals surface area contributed by atoms with E-state index in [0.29, 0.717) is 30.8 Å². The second-order valence-electron chi connectivity index (χ2n) is 6.71. The van der Waals surface area contributed by atoms with Gasteiger partial charge in [-0.15, -0.1) is 0 Å². The number of hydrogen-bond acceptors (Lipinski definition) is 3. The molecule has 6 nitrogen and oxygen atoms in total. The van der Waals surface area contributed by atoms with E-state index in [1.54, 1.807) is 9.58 Å². The minimum Gasteiger partial charge on any atom is -0.484 e. The van der Waals surface area contributed by atoms with E-state index in [1.165, 1.54) is 0 Å². The summed E-state index contributed by atoms with van der Waals surface area (Å²) in [6, 6.07) is 17.0. The van der Waals surface area contributed by atoms with Crippen molar-refractivity contribution in [2.75, 3.05) is 13.2 Å². The summed E-state index contributed by atoms with van der Waals surface area (Å²) in [6.45, 7) is 2.84. The van der Waals surface area contributed by atoms with Gasteiger partial charge in [-0.25, -0.2) is 4.68 Å². The maximum absolute atomic E-state index is 12.8. The van der Waals surface area contributed by atoms with Crippen molar-refractivity contribution < 1.29 is 9.53 Å². The van der Waals surface area contributed by atoms with E-state index in [1.807, 2.05) is 61.5 Å². The zero-order chi connectivity index (χ0) is 18.8. The summed E-state index contributed by atoms with van der Waals surface area (Å²) in [6.07, 6.45) is 0.626. The van der Waals surface area contributed by atoms with Gasteiger partial charge in [-0.3, -0.25) is 14.7 Å². The number of aryl methyl sites for hydroxylation is 1. The molecule has 138 valence electrons. The number of carbonyl (C=O) groups is 1. The maximum Gasteiger partial charge on any atom is 0.276 e. The van der Waals surface area contributed by atoms with E-state index in [2.05, 4.69) is 5.10 Å². The summed E-state index contributed by atoms with van der Waals surface area (Å²) in [7, 11) is 0. The van der Waals surface area contributed by atoms with Crippen molar-refractivity contribution in [1.29, 1.82) is 0 Å². The molecule has 1 aliphatic rings. The lowest BCUT2D eigenvalue weighted by Crippen LogP contribution is -2.40. The largest absolute Gasteiger partial charge is 0.484 e. The summed E-state index contributed by atoms with van der Waals surface area (Å²) in [5.74, 6) is 0.549. The summed E-state index contributed by atoms with van der Waals surface area (Å²) >= 11 is 0. The third-order valence-corrected chi connectivity index (χ3v) is 4.80. The van der Waals surface area contributed by atoms with Crippen molar-refractivity contribution >= 4 is 5.91 Å². The van der Waals surface area contributed by atoms with Gasteiger partial charge in [0.05, 0.1) is 17.8 Å². The maximum atomic E-state index is 12.8. The van der Waals surface area contributed by atoms with Gasteiger partial charge < -0.3 is 9.64 Å². The monoisotopic (exact) mass is 363 g/mol. The van der Waals surface area contributed by atoms with E-state index in [4.69, 9.17) is 4.74 Å². The van der Waals surface area contributed by atoms with Crippen LogP contribution in [0.25, 0.3) is 5.69 Å². The highest BCUT2D eigenvalue weighted by Gasteiger charge is 2.26. The third kappa shape index (κ3) is 3.51. The molecule has 2 heterocycles. The van der Waals surface area contributed by atoms with Gasteiger partial charge in [0.2, 0.25) is 0 Å². The molecule has 0 saturated heterocycles. The molecule has 2 aromatic carbocycles. The number of carbonyl (C=O) groups excluding carboxylic acids is 1. The number of aromatic amines is 1. The van der Waals surface area contributed by atoms with Crippen LogP contribution < -0.4 is 10.3 Å². The summed E-state index contributed by atoms with van der Waals surface area (Å²) in [4.78, 5) is 27.0. The van der Waals surface area contributed by atoms with Crippen molar-refractivity contribution in [2.24, 2.45) is 0 Å². The fourth-order valence-corrected chi connectivity index (χ4v) is 3.25. The van der Waals surface area contributed by atoms with Crippen LogP contribution in [0.15, 0.2) is 59.4 Å². The van der Waals surface area contributed by atoms with Crippen LogP contribution >= 0.6 is 0 Å². The predicted octanol–water partition coefficient (Wildman–Crippen LogP) is 2.44.